The lowest BCUT2D eigenvalue weighted by molar-refractivity contribution is 0.739. The Bertz CT molecular complexity index is 587. The lowest BCUT2D eigenvalue weighted by atomic mass is 10.3. The van der Waals surface area contributed by atoms with E-state index in [1.165, 1.54) is 4.40 Å². The van der Waals surface area contributed by atoms with Crippen LogP contribution in [0.3, 0.4) is 0 Å². The summed E-state index contributed by atoms with van der Waals surface area (Å²) in [5, 5.41) is 6.39. The first-order valence-corrected chi connectivity index (χ1v) is 6.07. The maximum Gasteiger partial charge on any atom is 0.349 e. The molecule has 0 aromatic carbocycles. The molecule has 0 aliphatic heterocycles. The number of H-pyrrole nitrogens is 1. The smallest absolute Gasteiger partial charge is 0.349 e. The molecule has 2 heterocycles. The highest BCUT2D eigenvalue weighted by Crippen LogP contribution is 2.13. The second-order valence-corrected chi connectivity index (χ2v) is 4.11. The number of nitrogens with one attached hydrogen (secondary N) is 1. The van der Waals surface area contributed by atoms with Crippen LogP contribution in [0, 0.1) is 6.92 Å². The summed E-state index contributed by atoms with van der Waals surface area (Å²) < 4.78 is 1.46. The Balaban J connectivity index is 2.41. The Morgan fingerprint density at radius 1 is 1.56 bits per heavy atom. The molecule has 98 valence electrons. The van der Waals surface area contributed by atoms with Crippen molar-refractivity contribution in [1.29, 1.82) is 0 Å². The van der Waals surface area contributed by atoms with E-state index in [0.717, 1.165) is 25.3 Å². The molecular weight excluding hydrogens is 232 g/mol. The molecule has 2 aromatic heterocycles. The van der Waals surface area contributed by atoms with Crippen LogP contribution in [-0.4, -0.2) is 39.2 Å². The third kappa shape index (κ3) is 2.21. The largest absolute Gasteiger partial charge is 0.357 e. The molecule has 7 nitrogen and oxygen atoms in total. The van der Waals surface area contributed by atoms with Crippen molar-refractivity contribution in [1.82, 2.24) is 19.6 Å². The van der Waals surface area contributed by atoms with Crippen LogP contribution in [-0.2, 0) is 0 Å². The maximum atomic E-state index is 11.5. The van der Waals surface area contributed by atoms with E-state index in [0.29, 0.717) is 18.0 Å². The average Bonchev–Trinajstić information content (AvgIpc) is 2.72. The highest BCUT2D eigenvalue weighted by molar-refractivity contribution is 5.51. The second kappa shape index (κ2) is 5.18. The Morgan fingerprint density at radius 2 is 2.33 bits per heavy atom. The monoisotopic (exact) mass is 250 g/mol. The molecule has 3 N–H and O–H groups in total. The van der Waals surface area contributed by atoms with Crippen molar-refractivity contribution < 1.29 is 0 Å². The Hall–Kier alpha value is -1.89. The molecular formula is C11H18N6O. The van der Waals surface area contributed by atoms with Gasteiger partial charge < -0.3 is 10.6 Å². The van der Waals surface area contributed by atoms with Crippen LogP contribution in [0.1, 0.15) is 19.2 Å². The van der Waals surface area contributed by atoms with Gasteiger partial charge >= 0.3 is 5.69 Å². The van der Waals surface area contributed by atoms with E-state index in [1.807, 2.05) is 6.07 Å². The van der Waals surface area contributed by atoms with Gasteiger partial charge in [0.25, 0.3) is 0 Å². The number of aryl methyl sites for hydroxylation is 1. The van der Waals surface area contributed by atoms with Crippen molar-refractivity contribution in [2.75, 3.05) is 24.5 Å². The Morgan fingerprint density at radius 3 is 3.00 bits per heavy atom. The number of aromatic amines is 1. The van der Waals surface area contributed by atoms with Gasteiger partial charge in [-0.3, -0.25) is 0 Å². The van der Waals surface area contributed by atoms with Crippen LogP contribution >= 0.6 is 0 Å². The van der Waals surface area contributed by atoms with Crippen molar-refractivity contribution >= 4 is 11.5 Å². The zero-order valence-corrected chi connectivity index (χ0v) is 10.7. The van der Waals surface area contributed by atoms with Crippen molar-refractivity contribution in [3.05, 3.63) is 22.4 Å². The molecule has 18 heavy (non-hydrogen) atoms. The first-order chi connectivity index (χ1) is 8.67. The summed E-state index contributed by atoms with van der Waals surface area (Å²) >= 11 is 0. The van der Waals surface area contributed by atoms with Crippen LogP contribution in [0.25, 0.3) is 5.65 Å². The van der Waals surface area contributed by atoms with Gasteiger partial charge in [0.05, 0.1) is 0 Å². The van der Waals surface area contributed by atoms with Gasteiger partial charge in [-0.2, -0.15) is 5.10 Å². The average molecular weight is 250 g/mol. The fraction of sp³-hybridized carbons (Fsp3) is 0.545. The van der Waals surface area contributed by atoms with Crippen molar-refractivity contribution in [3.8, 4) is 0 Å². The molecule has 2 rings (SSSR count). The van der Waals surface area contributed by atoms with Gasteiger partial charge in [-0.05, 0) is 26.8 Å². The van der Waals surface area contributed by atoms with Gasteiger partial charge in [-0.15, -0.1) is 0 Å². The molecule has 0 saturated heterocycles. The zero-order valence-electron chi connectivity index (χ0n) is 10.7. The van der Waals surface area contributed by atoms with Crippen molar-refractivity contribution in [2.45, 2.75) is 20.3 Å². The lowest BCUT2D eigenvalue weighted by Gasteiger charge is -2.21. The van der Waals surface area contributed by atoms with E-state index in [9.17, 15) is 4.79 Å². The SMILES string of the molecule is CCN(CCCN)c1cc2n[nH]c(=O)n2c(C)n1. The van der Waals surface area contributed by atoms with Gasteiger partial charge in [0.2, 0.25) is 0 Å². The summed E-state index contributed by atoms with van der Waals surface area (Å²) in [6, 6.07) is 1.81. The van der Waals surface area contributed by atoms with Crippen LogP contribution in [0.2, 0.25) is 0 Å². The van der Waals surface area contributed by atoms with E-state index in [-0.39, 0.29) is 5.69 Å². The predicted molar refractivity (Wildman–Crippen MR) is 69.9 cm³/mol. The highest BCUT2D eigenvalue weighted by Gasteiger charge is 2.11. The molecule has 0 aliphatic rings. The number of fused-ring (bicyclic) bond motifs is 1. The van der Waals surface area contributed by atoms with E-state index in [4.69, 9.17) is 5.73 Å². The molecule has 0 saturated carbocycles. The molecule has 0 spiro atoms. The highest BCUT2D eigenvalue weighted by atomic mass is 16.1. The number of aromatic nitrogens is 4. The molecule has 0 bridgehead atoms. The molecule has 0 radical (unpaired) electrons. The minimum Gasteiger partial charge on any atom is -0.357 e. The van der Waals surface area contributed by atoms with Gasteiger partial charge in [-0.25, -0.2) is 19.3 Å². The van der Waals surface area contributed by atoms with Crippen molar-refractivity contribution in [2.24, 2.45) is 5.73 Å². The Labute approximate surface area is 105 Å². The molecule has 7 heteroatoms. The molecule has 0 aliphatic carbocycles. The fourth-order valence-electron chi connectivity index (χ4n) is 1.96. The van der Waals surface area contributed by atoms with E-state index >= 15 is 0 Å². The Kier molecular flexibility index (Phi) is 3.61. The minimum absolute atomic E-state index is 0.258. The fourth-order valence-corrected chi connectivity index (χ4v) is 1.96. The summed E-state index contributed by atoms with van der Waals surface area (Å²) in [4.78, 5) is 18.1. The van der Waals surface area contributed by atoms with E-state index < -0.39 is 0 Å². The van der Waals surface area contributed by atoms with E-state index in [1.54, 1.807) is 6.92 Å². The maximum absolute atomic E-state index is 11.5. The standard InChI is InChI=1S/C11H18N6O/c1-3-16(6-4-5-12)9-7-10-14-15-11(18)17(10)8(2)13-9/h7H,3-6,12H2,1-2H3,(H,15,18). The summed E-state index contributed by atoms with van der Waals surface area (Å²) in [5.74, 6) is 1.46. The molecule has 0 fully saturated rings. The van der Waals surface area contributed by atoms with Gasteiger partial charge in [-0.1, -0.05) is 0 Å². The third-order valence-electron chi connectivity index (χ3n) is 2.89. The minimum atomic E-state index is -0.258. The van der Waals surface area contributed by atoms with Crippen LogP contribution in [0.15, 0.2) is 10.9 Å². The predicted octanol–water partition coefficient (Wildman–Crippen LogP) is -0.0989. The van der Waals surface area contributed by atoms with Crippen LogP contribution in [0.4, 0.5) is 5.82 Å². The first kappa shape index (κ1) is 12.6. The van der Waals surface area contributed by atoms with Gasteiger partial charge in [0, 0.05) is 19.2 Å². The number of hydrogen-bond donors (Lipinski definition) is 2. The number of hydrogen-bond acceptors (Lipinski definition) is 5. The summed E-state index contributed by atoms with van der Waals surface area (Å²) in [6.45, 7) is 6.21. The number of nitrogens with zero attached hydrogens (tertiary/aromatic N) is 4. The third-order valence-corrected chi connectivity index (χ3v) is 2.89. The first-order valence-electron chi connectivity index (χ1n) is 6.07. The molecule has 0 unspecified atom stereocenters. The topological polar surface area (TPSA) is 92.3 Å². The summed E-state index contributed by atoms with van der Waals surface area (Å²) in [7, 11) is 0. The molecule has 2 aromatic rings. The van der Waals surface area contributed by atoms with Crippen LogP contribution < -0.4 is 16.3 Å². The summed E-state index contributed by atoms with van der Waals surface area (Å²) in [5.41, 5.74) is 5.86. The number of nitrogens with two attached hydrogens (primary N) is 1. The number of anilines is 1. The lowest BCUT2D eigenvalue weighted by Crippen LogP contribution is -2.27. The van der Waals surface area contributed by atoms with E-state index in [2.05, 4.69) is 27.0 Å². The molecule has 0 amide bonds. The van der Waals surface area contributed by atoms with Crippen molar-refractivity contribution in [3.63, 3.8) is 0 Å². The van der Waals surface area contributed by atoms with Crippen LogP contribution in [0.5, 0.6) is 0 Å². The quantitative estimate of drug-likeness (QED) is 0.773. The zero-order chi connectivity index (χ0) is 13.1. The normalized spacial score (nSPS) is 11.1. The number of rotatable bonds is 5. The molecule has 0 atom stereocenters. The van der Waals surface area contributed by atoms with Gasteiger partial charge in [0.15, 0.2) is 5.65 Å². The second-order valence-electron chi connectivity index (χ2n) is 4.11. The van der Waals surface area contributed by atoms with Gasteiger partial charge in [0.1, 0.15) is 11.6 Å². The summed E-state index contributed by atoms with van der Waals surface area (Å²) in [6.07, 6.45) is 0.910.